The van der Waals surface area contributed by atoms with E-state index in [1.165, 1.54) is 16.1 Å². The Labute approximate surface area is 194 Å². The van der Waals surface area contributed by atoms with Crippen LogP contribution in [0, 0.1) is 0 Å². The minimum Gasteiger partial charge on any atom is -0.411 e. The number of amides is 1. The molecule has 2 aromatic carbocycles. The van der Waals surface area contributed by atoms with E-state index in [4.69, 9.17) is 4.42 Å². The van der Waals surface area contributed by atoms with Crippen molar-refractivity contribution < 1.29 is 17.6 Å². The molecule has 0 unspecified atom stereocenters. The summed E-state index contributed by atoms with van der Waals surface area (Å²) in [6, 6.07) is 16.2. The molecule has 1 aliphatic rings. The van der Waals surface area contributed by atoms with E-state index in [9.17, 15) is 13.2 Å². The topological polar surface area (TPSA) is 112 Å². The van der Waals surface area contributed by atoms with Gasteiger partial charge in [0.2, 0.25) is 15.9 Å². The Hall–Kier alpha value is -3.15. The lowest BCUT2D eigenvalue weighted by molar-refractivity contribution is -0.129. The zero-order valence-electron chi connectivity index (χ0n) is 17.5. The van der Waals surface area contributed by atoms with Gasteiger partial charge >= 0.3 is 0 Å². The number of aromatic nitrogens is 3. The minimum absolute atomic E-state index is 0.0939. The average Bonchev–Trinajstić information content (AvgIpc) is 3.50. The standard InChI is InChI=1S/C22H21N5O4S2/c28-20(26-10-12-27(13-11-26)33(29,30)16-6-2-1-3-7-16)15-32-22-25-24-21(31-22)18-14-23-19-9-5-4-8-17(18)19/h1-9,14,23H,10-13,15H2. The lowest BCUT2D eigenvalue weighted by Gasteiger charge is -2.33. The number of piperazine rings is 1. The van der Waals surface area contributed by atoms with Gasteiger partial charge in [-0.3, -0.25) is 4.79 Å². The van der Waals surface area contributed by atoms with E-state index in [1.807, 2.05) is 30.5 Å². The third-order valence-electron chi connectivity index (χ3n) is 5.52. The normalized spacial score (nSPS) is 15.2. The van der Waals surface area contributed by atoms with Crippen molar-refractivity contribution in [3.63, 3.8) is 0 Å². The van der Waals surface area contributed by atoms with Gasteiger partial charge in [-0.1, -0.05) is 48.2 Å². The van der Waals surface area contributed by atoms with Crippen LogP contribution in [-0.2, 0) is 14.8 Å². The maximum absolute atomic E-state index is 12.7. The number of benzene rings is 2. The van der Waals surface area contributed by atoms with E-state index < -0.39 is 10.0 Å². The van der Waals surface area contributed by atoms with Crippen molar-refractivity contribution in [2.45, 2.75) is 10.1 Å². The third-order valence-corrected chi connectivity index (χ3v) is 8.23. The summed E-state index contributed by atoms with van der Waals surface area (Å²) in [5, 5.41) is 9.45. The highest BCUT2D eigenvalue weighted by molar-refractivity contribution is 7.99. The largest absolute Gasteiger partial charge is 0.411 e. The second-order valence-corrected chi connectivity index (χ2v) is 10.4. The molecule has 1 N–H and O–H groups in total. The van der Waals surface area contributed by atoms with Crippen LogP contribution in [0.1, 0.15) is 0 Å². The van der Waals surface area contributed by atoms with Gasteiger partial charge < -0.3 is 14.3 Å². The lowest BCUT2D eigenvalue weighted by atomic mass is 10.2. The van der Waals surface area contributed by atoms with E-state index in [2.05, 4.69) is 15.2 Å². The van der Waals surface area contributed by atoms with E-state index in [-0.39, 0.29) is 29.6 Å². The number of carbonyl (C=O) groups excluding carboxylic acids is 1. The number of rotatable bonds is 6. The molecule has 0 atom stereocenters. The Morgan fingerprint density at radius 3 is 2.52 bits per heavy atom. The Bertz CT molecular complexity index is 1380. The first-order valence-electron chi connectivity index (χ1n) is 10.4. The molecule has 1 amide bonds. The summed E-state index contributed by atoms with van der Waals surface area (Å²) in [4.78, 5) is 17.8. The molecule has 1 saturated heterocycles. The van der Waals surface area contributed by atoms with Crippen molar-refractivity contribution in [1.82, 2.24) is 24.4 Å². The number of carbonyl (C=O) groups is 1. The molecule has 4 aromatic rings. The van der Waals surface area contributed by atoms with Gasteiger partial charge in [-0.25, -0.2) is 8.42 Å². The van der Waals surface area contributed by atoms with Gasteiger partial charge in [0.25, 0.3) is 11.1 Å². The number of thioether (sulfide) groups is 1. The van der Waals surface area contributed by atoms with Crippen LogP contribution in [0.15, 0.2) is 75.3 Å². The highest BCUT2D eigenvalue weighted by atomic mass is 32.2. The molecule has 33 heavy (non-hydrogen) atoms. The number of H-pyrrole nitrogens is 1. The average molecular weight is 484 g/mol. The highest BCUT2D eigenvalue weighted by Crippen LogP contribution is 2.29. The summed E-state index contributed by atoms with van der Waals surface area (Å²) in [7, 11) is -3.55. The maximum Gasteiger partial charge on any atom is 0.277 e. The molecule has 3 heterocycles. The Balaban J connectivity index is 1.17. The smallest absolute Gasteiger partial charge is 0.277 e. The Morgan fingerprint density at radius 1 is 1.00 bits per heavy atom. The number of para-hydroxylation sites is 1. The Morgan fingerprint density at radius 2 is 1.73 bits per heavy atom. The van der Waals surface area contributed by atoms with Crippen LogP contribution in [0.25, 0.3) is 22.4 Å². The Kier molecular flexibility index (Phi) is 5.92. The fourth-order valence-corrected chi connectivity index (χ4v) is 5.87. The summed E-state index contributed by atoms with van der Waals surface area (Å²) in [6.07, 6.45) is 1.82. The van der Waals surface area contributed by atoms with E-state index in [0.717, 1.165) is 16.5 Å². The predicted molar refractivity (Wildman–Crippen MR) is 124 cm³/mol. The van der Waals surface area contributed by atoms with Crippen molar-refractivity contribution >= 4 is 38.6 Å². The number of nitrogens with zero attached hydrogens (tertiary/aromatic N) is 4. The summed E-state index contributed by atoms with van der Waals surface area (Å²) in [5.74, 6) is 0.437. The fraction of sp³-hybridized carbons (Fsp3) is 0.227. The summed E-state index contributed by atoms with van der Waals surface area (Å²) in [5.41, 5.74) is 1.79. The zero-order chi connectivity index (χ0) is 22.8. The number of sulfonamides is 1. The second kappa shape index (κ2) is 9.00. The first kappa shape index (κ1) is 21.7. The maximum atomic E-state index is 12.7. The molecule has 1 aliphatic heterocycles. The molecule has 11 heteroatoms. The van der Waals surface area contributed by atoms with Crippen molar-refractivity contribution in [1.29, 1.82) is 0 Å². The summed E-state index contributed by atoms with van der Waals surface area (Å²) in [6.45, 7) is 1.21. The van der Waals surface area contributed by atoms with Crippen LogP contribution in [-0.4, -0.2) is 70.6 Å². The molecule has 0 saturated carbocycles. The van der Waals surface area contributed by atoms with Crippen LogP contribution in [0.3, 0.4) is 0 Å². The van der Waals surface area contributed by atoms with Crippen molar-refractivity contribution in [3.05, 3.63) is 60.8 Å². The molecule has 2 aromatic heterocycles. The first-order valence-corrected chi connectivity index (χ1v) is 12.8. The molecule has 5 rings (SSSR count). The van der Waals surface area contributed by atoms with Crippen molar-refractivity contribution in [2.75, 3.05) is 31.9 Å². The van der Waals surface area contributed by atoms with Gasteiger partial charge in [-0.2, -0.15) is 4.31 Å². The van der Waals surface area contributed by atoms with Crippen LogP contribution in [0.4, 0.5) is 0 Å². The summed E-state index contributed by atoms with van der Waals surface area (Å²) < 4.78 is 32.7. The molecule has 0 bridgehead atoms. The van der Waals surface area contributed by atoms with E-state index in [1.54, 1.807) is 35.2 Å². The van der Waals surface area contributed by atoms with Crippen molar-refractivity contribution in [3.8, 4) is 11.5 Å². The lowest BCUT2D eigenvalue weighted by Crippen LogP contribution is -2.50. The molecular formula is C22H21N5O4S2. The van der Waals surface area contributed by atoms with Crippen LogP contribution < -0.4 is 0 Å². The number of fused-ring (bicyclic) bond motifs is 1. The second-order valence-electron chi connectivity index (χ2n) is 7.51. The molecule has 1 fully saturated rings. The number of hydrogen-bond donors (Lipinski definition) is 1. The minimum atomic E-state index is -3.55. The molecule has 170 valence electrons. The molecule has 9 nitrogen and oxygen atoms in total. The third kappa shape index (κ3) is 4.39. The van der Waals surface area contributed by atoms with Gasteiger partial charge in [-0.05, 0) is 18.2 Å². The monoisotopic (exact) mass is 483 g/mol. The van der Waals surface area contributed by atoms with Crippen LogP contribution in [0.2, 0.25) is 0 Å². The van der Waals surface area contributed by atoms with Gasteiger partial charge in [-0.15, -0.1) is 10.2 Å². The van der Waals surface area contributed by atoms with Gasteiger partial charge in [0, 0.05) is 43.3 Å². The molecule has 0 spiro atoms. The van der Waals surface area contributed by atoms with Crippen LogP contribution in [0.5, 0.6) is 0 Å². The highest BCUT2D eigenvalue weighted by Gasteiger charge is 2.30. The van der Waals surface area contributed by atoms with Gasteiger partial charge in [0.15, 0.2) is 0 Å². The predicted octanol–water partition coefficient (Wildman–Crippen LogP) is 2.84. The number of nitrogens with one attached hydrogen (secondary N) is 1. The molecule has 0 radical (unpaired) electrons. The van der Waals surface area contributed by atoms with Crippen molar-refractivity contribution in [2.24, 2.45) is 0 Å². The molecular weight excluding hydrogens is 462 g/mol. The fourth-order valence-electron chi connectivity index (χ4n) is 3.76. The van der Waals surface area contributed by atoms with Gasteiger partial charge in [0.05, 0.1) is 16.2 Å². The van der Waals surface area contributed by atoms with Crippen LogP contribution >= 0.6 is 11.8 Å². The SMILES string of the molecule is O=C(CSc1nnc(-c2c[nH]c3ccccc23)o1)N1CCN(S(=O)(=O)c2ccccc2)CC1. The quantitative estimate of drug-likeness (QED) is 0.420. The molecule has 0 aliphatic carbocycles. The van der Waals surface area contributed by atoms with Gasteiger partial charge in [0.1, 0.15) is 0 Å². The van der Waals surface area contributed by atoms with E-state index >= 15 is 0 Å². The van der Waals surface area contributed by atoms with E-state index in [0.29, 0.717) is 24.2 Å². The number of hydrogen-bond acceptors (Lipinski definition) is 7. The number of aromatic amines is 1. The zero-order valence-corrected chi connectivity index (χ0v) is 19.2. The first-order chi connectivity index (χ1) is 16.0. The summed E-state index contributed by atoms with van der Waals surface area (Å²) >= 11 is 1.18.